The summed E-state index contributed by atoms with van der Waals surface area (Å²) < 4.78 is 11.0. The van der Waals surface area contributed by atoms with Crippen LogP contribution in [0.4, 0.5) is 0 Å². The molecule has 0 aromatic heterocycles. The lowest BCUT2D eigenvalue weighted by Crippen LogP contribution is -2.50. The fraction of sp³-hybridized carbons (Fsp3) is 0.684. The monoisotopic (exact) mass is 318 g/mol. The van der Waals surface area contributed by atoms with Gasteiger partial charge in [-0.2, -0.15) is 0 Å². The molecular formula is C19H30N2O2. The molecule has 0 bridgehead atoms. The summed E-state index contributed by atoms with van der Waals surface area (Å²) in [5, 5.41) is 0. The van der Waals surface area contributed by atoms with E-state index in [2.05, 4.69) is 30.0 Å². The molecular weight excluding hydrogens is 288 g/mol. The first kappa shape index (κ1) is 16.6. The third-order valence-electron chi connectivity index (χ3n) is 5.88. The molecule has 0 amide bonds. The second-order valence-corrected chi connectivity index (χ2v) is 7.06. The summed E-state index contributed by atoms with van der Waals surface area (Å²) in [6.07, 6.45) is 5.82. The van der Waals surface area contributed by atoms with E-state index in [-0.39, 0.29) is 5.41 Å². The van der Waals surface area contributed by atoms with Crippen LogP contribution in [0, 0.1) is 0 Å². The second-order valence-electron chi connectivity index (χ2n) is 7.06. The third-order valence-corrected chi connectivity index (χ3v) is 5.88. The van der Waals surface area contributed by atoms with Gasteiger partial charge in [0.05, 0.1) is 14.2 Å². The van der Waals surface area contributed by atoms with E-state index in [9.17, 15) is 0 Å². The molecule has 2 aliphatic rings. The van der Waals surface area contributed by atoms with Gasteiger partial charge in [0.25, 0.3) is 0 Å². The van der Waals surface area contributed by atoms with Gasteiger partial charge in [-0.15, -0.1) is 0 Å². The van der Waals surface area contributed by atoms with E-state index in [1.165, 1.54) is 37.9 Å². The van der Waals surface area contributed by atoms with Gasteiger partial charge in [0.1, 0.15) is 0 Å². The number of nitrogens with zero attached hydrogens (tertiary/aromatic N) is 1. The lowest BCUT2D eigenvalue weighted by atomic mass is 9.65. The number of methoxy groups -OCH3 is 2. The zero-order valence-electron chi connectivity index (χ0n) is 14.7. The van der Waals surface area contributed by atoms with Crippen LogP contribution in [0.2, 0.25) is 0 Å². The molecule has 1 aliphatic heterocycles. The molecule has 0 radical (unpaired) electrons. The van der Waals surface area contributed by atoms with Crippen molar-refractivity contribution in [2.45, 2.75) is 56.5 Å². The lowest BCUT2D eigenvalue weighted by molar-refractivity contribution is 0.145. The summed E-state index contributed by atoms with van der Waals surface area (Å²) in [4.78, 5) is 2.66. The molecule has 4 nitrogen and oxygen atoms in total. The Bertz CT molecular complexity index is 548. The summed E-state index contributed by atoms with van der Waals surface area (Å²) in [5.41, 5.74) is 7.94. The van der Waals surface area contributed by atoms with E-state index < -0.39 is 0 Å². The van der Waals surface area contributed by atoms with E-state index in [0.29, 0.717) is 12.1 Å². The normalized spacial score (nSPS) is 31.0. The van der Waals surface area contributed by atoms with Gasteiger partial charge in [0.2, 0.25) is 0 Å². The van der Waals surface area contributed by atoms with Crippen molar-refractivity contribution < 1.29 is 9.47 Å². The predicted octanol–water partition coefficient (Wildman–Crippen LogP) is 2.94. The summed E-state index contributed by atoms with van der Waals surface area (Å²) in [6.45, 7) is 4.62. The van der Waals surface area contributed by atoms with E-state index in [1.54, 1.807) is 14.2 Å². The second kappa shape index (κ2) is 6.70. The van der Waals surface area contributed by atoms with Crippen LogP contribution in [0.25, 0.3) is 0 Å². The van der Waals surface area contributed by atoms with Crippen molar-refractivity contribution in [3.63, 3.8) is 0 Å². The van der Waals surface area contributed by atoms with Crippen molar-refractivity contribution in [2.24, 2.45) is 5.73 Å². The number of nitrogens with two attached hydrogens (primary N) is 1. The number of rotatable bonds is 5. The Morgan fingerprint density at radius 3 is 2.70 bits per heavy atom. The average molecular weight is 318 g/mol. The van der Waals surface area contributed by atoms with Crippen LogP contribution in [0.1, 0.15) is 44.6 Å². The topological polar surface area (TPSA) is 47.7 Å². The fourth-order valence-corrected chi connectivity index (χ4v) is 4.71. The van der Waals surface area contributed by atoms with Gasteiger partial charge in [-0.25, -0.2) is 0 Å². The zero-order chi connectivity index (χ0) is 16.4. The van der Waals surface area contributed by atoms with E-state index in [1.807, 2.05) is 0 Å². The van der Waals surface area contributed by atoms with E-state index >= 15 is 0 Å². The minimum atomic E-state index is 0.227. The molecule has 4 heteroatoms. The summed E-state index contributed by atoms with van der Waals surface area (Å²) in [7, 11) is 3.41. The van der Waals surface area contributed by atoms with Crippen molar-refractivity contribution in [1.82, 2.24) is 4.90 Å². The molecule has 3 atom stereocenters. The van der Waals surface area contributed by atoms with Crippen LogP contribution in [0.15, 0.2) is 18.2 Å². The molecule has 128 valence electrons. The first-order chi connectivity index (χ1) is 11.1. The van der Waals surface area contributed by atoms with Gasteiger partial charge in [-0.1, -0.05) is 13.0 Å². The third kappa shape index (κ3) is 2.83. The maximum atomic E-state index is 6.32. The first-order valence-corrected chi connectivity index (χ1v) is 8.86. The predicted molar refractivity (Wildman–Crippen MR) is 93.3 cm³/mol. The lowest BCUT2D eigenvalue weighted by Gasteiger charge is -2.44. The zero-order valence-corrected chi connectivity index (χ0v) is 14.7. The Hall–Kier alpha value is -1.26. The van der Waals surface area contributed by atoms with Crippen LogP contribution >= 0.6 is 0 Å². The van der Waals surface area contributed by atoms with Crippen LogP contribution in [0.5, 0.6) is 11.5 Å². The number of likely N-dealkylation sites (tertiary alicyclic amines) is 1. The van der Waals surface area contributed by atoms with Crippen LogP contribution < -0.4 is 15.2 Å². The highest BCUT2D eigenvalue weighted by atomic mass is 16.5. The van der Waals surface area contributed by atoms with Gasteiger partial charge in [0, 0.05) is 17.5 Å². The van der Waals surface area contributed by atoms with Crippen molar-refractivity contribution >= 4 is 0 Å². The molecule has 1 saturated heterocycles. The minimum Gasteiger partial charge on any atom is -0.493 e. The van der Waals surface area contributed by atoms with Gasteiger partial charge in [0.15, 0.2) is 11.5 Å². The van der Waals surface area contributed by atoms with Gasteiger partial charge in [-0.05, 0) is 62.9 Å². The molecule has 23 heavy (non-hydrogen) atoms. The van der Waals surface area contributed by atoms with Crippen molar-refractivity contribution in [2.75, 3.05) is 27.3 Å². The Kier molecular flexibility index (Phi) is 4.83. The van der Waals surface area contributed by atoms with E-state index in [4.69, 9.17) is 15.2 Å². The fourth-order valence-electron chi connectivity index (χ4n) is 4.71. The number of hydrogen-bond acceptors (Lipinski definition) is 4. The maximum absolute atomic E-state index is 6.32. The van der Waals surface area contributed by atoms with Crippen LogP contribution in [0.3, 0.4) is 0 Å². The molecule has 1 aromatic rings. The van der Waals surface area contributed by atoms with Gasteiger partial charge >= 0.3 is 0 Å². The number of hydrogen-bond donors (Lipinski definition) is 1. The Balaban J connectivity index is 1.98. The molecule has 1 saturated carbocycles. The molecule has 3 rings (SSSR count). The van der Waals surface area contributed by atoms with Crippen LogP contribution in [-0.2, 0) is 5.41 Å². The Labute approximate surface area is 139 Å². The van der Waals surface area contributed by atoms with E-state index in [0.717, 1.165) is 24.3 Å². The molecule has 1 aliphatic carbocycles. The Morgan fingerprint density at radius 1 is 1.22 bits per heavy atom. The standard InChI is InChI=1S/C19H30N2O2/c1-4-10-21-11-9-19(8-7-15(20)13-18(19)21)14-5-6-16(22-2)17(12-14)23-3/h5-6,12,15,18H,4,7-11,13,20H2,1-3H3/t15-,18+,19-/m0/s1. The number of ether oxygens (including phenoxy) is 2. The van der Waals surface area contributed by atoms with Crippen LogP contribution in [-0.4, -0.2) is 44.3 Å². The highest BCUT2D eigenvalue weighted by molar-refractivity contribution is 5.46. The molecule has 0 unspecified atom stereocenters. The largest absolute Gasteiger partial charge is 0.493 e. The van der Waals surface area contributed by atoms with Gasteiger partial charge in [-0.3, -0.25) is 4.90 Å². The minimum absolute atomic E-state index is 0.227. The quantitative estimate of drug-likeness (QED) is 0.907. The molecule has 1 aromatic carbocycles. The van der Waals surface area contributed by atoms with Gasteiger partial charge < -0.3 is 15.2 Å². The summed E-state index contributed by atoms with van der Waals surface area (Å²) in [6, 6.07) is 7.38. The Morgan fingerprint density at radius 2 is 2.00 bits per heavy atom. The van der Waals surface area contributed by atoms with Crippen molar-refractivity contribution in [3.05, 3.63) is 23.8 Å². The van der Waals surface area contributed by atoms with Crippen molar-refractivity contribution in [1.29, 1.82) is 0 Å². The van der Waals surface area contributed by atoms with Crippen molar-refractivity contribution in [3.8, 4) is 11.5 Å². The molecule has 2 N–H and O–H groups in total. The smallest absolute Gasteiger partial charge is 0.161 e. The first-order valence-electron chi connectivity index (χ1n) is 8.86. The summed E-state index contributed by atoms with van der Waals surface area (Å²) in [5.74, 6) is 1.64. The highest BCUT2D eigenvalue weighted by Gasteiger charge is 2.50. The summed E-state index contributed by atoms with van der Waals surface area (Å²) >= 11 is 0. The molecule has 1 heterocycles. The molecule has 2 fully saturated rings. The number of benzene rings is 1. The maximum Gasteiger partial charge on any atom is 0.161 e. The average Bonchev–Trinajstić information content (AvgIpc) is 2.94. The molecule has 0 spiro atoms. The SMILES string of the molecule is CCCN1CC[C@]2(c3ccc(OC)c(OC)c3)CC[C@H](N)C[C@@H]12. The number of fused-ring (bicyclic) bond motifs is 1. The highest BCUT2D eigenvalue weighted by Crippen LogP contribution is 2.50.